The van der Waals surface area contributed by atoms with Crippen molar-refractivity contribution in [1.29, 1.82) is 0 Å². The molecule has 25 heavy (non-hydrogen) atoms. The molecule has 0 aliphatic heterocycles. The van der Waals surface area contributed by atoms with Crippen LogP contribution < -0.4 is 15.4 Å². The molecule has 2 heterocycles. The summed E-state index contributed by atoms with van der Waals surface area (Å²) in [4.78, 5) is 27.7. The minimum absolute atomic E-state index is 0.142. The number of thiazole rings is 1. The molecule has 2 N–H and O–H groups in total. The topological polar surface area (TPSA) is 93.5 Å². The Morgan fingerprint density at radius 3 is 2.72 bits per heavy atom. The summed E-state index contributed by atoms with van der Waals surface area (Å²) in [5.74, 6) is 0.635. The third-order valence-electron chi connectivity index (χ3n) is 3.19. The maximum absolute atomic E-state index is 12.2. The molecule has 8 heteroatoms. The van der Waals surface area contributed by atoms with E-state index < -0.39 is 5.91 Å². The Bertz CT molecular complexity index is 873. The second kappa shape index (κ2) is 7.63. The molecule has 0 atom stereocenters. The fraction of sp³-hybridized carbons (Fsp3) is 0.118. The van der Waals surface area contributed by atoms with Crippen LogP contribution in [-0.2, 0) is 6.61 Å². The van der Waals surface area contributed by atoms with E-state index in [2.05, 4.69) is 15.6 Å². The van der Waals surface area contributed by atoms with Gasteiger partial charge in [0, 0.05) is 12.4 Å². The van der Waals surface area contributed by atoms with E-state index in [1.165, 1.54) is 7.05 Å². The van der Waals surface area contributed by atoms with Crippen LogP contribution in [0.2, 0.25) is 0 Å². The molecular weight excluding hydrogens is 342 g/mol. The van der Waals surface area contributed by atoms with Gasteiger partial charge in [-0.2, -0.15) is 0 Å². The summed E-state index contributed by atoms with van der Waals surface area (Å²) >= 11 is 1.16. The van der Waals surface area contributed by atoms with Crippen molar-refractivity contribution in [2.45, 2.75) is 6.61 Å². The molecule has 0 unspecified atom stereocenters. The van der Waals surface area contributed by atoms with Crippen molar-refractivity contribution in [2.75, 3.05) is 12.4 Å². The van der Waals surface area contributed by atoms with Gasteiger partial charge in [-0.1, -0.05) is 18.2 Å². The maximum Gasteiger partial charge on any atom is 0.293 e. The summed E-state index contributed by atoms with van der Waals surface area (Å²) in [7, 11) is 1.52. The van der Waals surface area contributed by atoms with Crippen LogP contribution in [0.4, 0.5) is 5.13 Å². The van der Waals surface area contributed by atoms with Crippen LogP contribution in [0.3, 0.4) is 0 Å². The molecule has 2 aromatic heterocycles. The molecule has 0 aliphatic carbocycles. The summed E-state index contributed by atoms with van der Waals surface area (Å²) in [6.07, 6.45) is 0. The Kier molecular flexibility index (Phi) is 5.10. The van der Waals surface area contributed by atoms with Gasteiger partial charge in [0.25, 0.3) is 11.8 Å². The maximum atomic E-state index is 12.2. The number of carbonyl (C=O) groups is 2. The van der Waals surface area contributed by atoms with Crippen molar-refractivity contribution in [3.8, 4) is 5.75 Å². The molecule has 0 bridgehead atoms. The van der Waals surface area contributed by atoms with Gasteiger partial charge in [-0.05, 0) is 24.3 Å². The van der Waals surface area contributed by atoms with Crippen molar-refractivity contribution in [2.24, 2.45) is 0 Å². The SMILES string of the molecule is CNC(=O)c1csc(NC(=O)c2ccc(COc3ccccc3)o2)n1. The van der Waals surface area contributed by atoms with Crippen LogP contribution in [0, 0.1) is 0 Å². The number of amides is 2. The highest BCUT2D eigenvalue weighted by Crippen LogP contribution is 2.18. The van der Waals surface area contributed by atoms with Crippen LogP contribution in [0.25, 0.3) is 0 Å². The first-order chi connectivity index (χ1) is 12.2. The molecule has 3 aromatic rings. The molecule has 2 amide bonds. The smallest absolute Gasteiger partial charge is 0.293 e. The van der Waals surface area contributed by atoms with Gasteiger partial charge in [0.2, 0.25) is 0 Å². The Balaban J connectivity index is 1.59. The Labute approximate surface area is 147 Å². The van der Waals surface area contributed by atoms with Crippen LogP contribution >= 0.6 is 11.3 Å². The first-order valence-electron chi connectivity index (χ1n) is 7.41. The molecule has 0 saturated heterocycles. The first kappa shape index (κ1) is 16.7. The van der Waals surface area contributed by atoms with E-state index in [-0.39, 0.29) is 24.0 Å². The van der Waals surface area contributed by atoms with Gasteiger partial charge in [-0.15, -0.1) is 11.3 Å². The van der Waals surface area contributed by atoms with E-state index in [4.69, 9.17) is 9.15 Å². The average Bonchev–Trinajstić information content (AvgIpc) is 3.30. The highest BCUT2D eigenvalue weighted by Gasteiger charge is 2.15. The van der Waals surface area contributed by atoms with E-state index in [0.717, 1.165) is 17.1 Å². The first-order valence-corrected chi connectivity index (χ1v) is 8.29. The second-order valence-corrected chi connectivity index (χ2v) is 5.80. The Morgan fingerprint density at radius 1 is 1.16 bits per heavy atom. The molecule has 128 valence electrons. The number of hydrogen-bond acceptors (Lipinski definition) is 6. The fourth-order valence-electron chi connectivity index (χ4n) is 1.97. The minimum atomic E-state index is -0.441. The van der Waals surface area contributed by atoms with E-state index in [0.29, 0.717) is 10.9 Å². The number of furan rings is 1. The number of para-hydroxylation sites is 1. The van der Waals surface area contributed by atoms with Crippen LogP contribution in [0.5, 0.6) is 5.75 Å². The fourth-order valence-corrected chi connectivity index (χ4v) is 2.66. The van der Waals surface area contributed by atoms with Crippen molar-refractivity contribution < 1.29 is 18.7 Å². The summed E-state index contributed by atoms with van der Waals surface area (Å²) < 4.78 is 11.0. The van der Waals surface area contributed by atoms with E-state index in [9.17, 15) is 9.59 Å². The van der Waals surface area contributed by atoms with Gasteiger partial charge in [0.05, 0.1) is 0 Å². The van der Waals surface area contributed by atoms with E-state index in [1.807, 2.05) is 30.3 Å². The lowest BCUT2D eigenvalue weighted by molar-refractivity contribution is 0.0956. The van der Waals surface area contributed by atoms with E-state index >= 15 is 0 Å². The van der Waals surface area contributed by atoms with Crippen LogP contribution in [-0.4, -0.2) is 23.8 Å². The number of carbonyl (C=O) groups excluding carboxylic acids is 2. The number of nitrogens with one attached hydrogen (secondary N) is 2. The van der Waals surface area contributed by atoms with Gasteiger partial charge in [0.1, 0.15) is 23.8 Å². The zero-order valence-electron chi connectivity index (χ0n) is 13.3. The lowest BCUT2D eigenvalue weighted by atomic mass is 10.3. The zero-order chi connectivity index (χ0) is 17.6. The minimum Gasteiger partial charge on any atom is -0.486 e. The highest BCUT2D eigenvalue weighted by molar-refractivity contribution is 7.14. The average molecular weight is 357 g/mol. The summed E-state index contributed by atoms with van der Waals surface area (Å²) in [6, 6.07) is 12.6. The summed E-state index contributed by atoms with van der Waals surface area (Å²) in [6.45, 7) is 0.218. The lowest BCUT2D eigenvalue weighted by Gasteiger charge is -2.03. The zero-order valence-corrected chi connectivity index (χ0v) is 14.1. The third-order valence-corrected chi connectivity index (χ3v) is 3.95. The number of anilines is 1. The normalized spacial score (nSPS) is 10.3. The number of nitrogens with zero attached hydrogens (tertiary/aromatic N) is 1. The highest BCUT2D eigenvalue weighted by atomic mass is 32.1. The largest absolute Gasteiger partial charge is 0.486 e. The predicted octanol–water partition coefficient (Wildman–Crippen LogP) is 2.93. The molecule has 1 aromatic carbocycles. The number of ether oxygens (including phenoxy) is 1. The van der Waals surface area contributed by atoms with Gasteiger partial charge in [-0.25, -0.2) is 4.98 Å². The van der Waals surface area contributed by atoms with Crippen LogP contribution in [0.1, 0.15) is 26.8 Å². The number of hydrogen-bond donors (Lipinski definition) is 2. The number of benzene rings is 1. The van der Waals surface area contributed by atoms with Gasteiger partial charge < -0.3 is 14.5 Å². The van der Waals surface area contributed by atoms with Gasteiger partial charge in [-0.3, -0.25) is 14.9 Å². The second-order valence-electron chi connectivity index (χ2n) is 4.94. The molecule has 0 fully saturated rings. The molecule has 0 radical (unpaired) electrons. The molecule has 7 nitrogen and oxygen atoms in total. The molecule has 0 aliphatic rings. The van der Waals surface area contributed by atoms with Crippen molar-refractivity contribution >= 4 is 28.3 Å². The Hall–Kier alpha value is -3.13. The lowest BCUT2D eigenvalue weighted by Crippen LogP contribution is -2.18. The quantitative estimate of drug-likeness (QED) is 0.707. The monoisotopic (exact) mass is 357 g/mol. The van der Waals surface area contributed by atoms with E-state index in [1.54, 1.807) is 17.5 Å². The third kappa shape index (κ3) is 4.24. The molecule has 3 rings (SSSR count). The summed E-state index contributed by atoms with van der Waals surface area (Å²) in [5.41, 5.74) is 0.249. The standard InChI is InChI=1S/C17H15N3O4S/c1-18-15(21)13-10-25-17(19-13)20-16(22)14-8-7-12(24-14)9-23-11-5-3-2-4-6-11/h2-8,10H,9H2,1H3,(H,18,21)(H,19,20,22). The molecule has 0 saturated carbocycles. The van der Waals surface area contributed by atoms with Gasteiger partial charge in [0.15, 0.2) is 10.9 Å². The Morgan fingerprint density at radius 2 is 1.96 bits per heavy atom. The van der Waals surface area contributed by atoms with Crippen molar-refractivity contribution in [1.82, 2.24) is 10.3 Å². The number of rotatable bonds is 6. The molecular formula is C17H15N3O4S. The van der Waals surface area contributed by atoms with Crippen molar-refractivity contribution in [3.05, 3.63) is 65.1 Å². The van der Waals surface area contributed by atoms with Crippen molar-refractivity contribution in [3.63, 3.8) is 0 Å². The van der Waals surface area contributed by atoms with Gasteiger partial charge >= 0.3 is 0 Å². The molecule has 0 spiro atoms. The number of aromatic nitrogens is 1. The van der Waals surface area contributed by atoms with Crippen LogP contribution in [0.15, 0.2) is 52.3 Å². The predicted molar refractivity (Wildman–Crippen MR) is 92.9 cm³/mol. The summed E-state index contributed by atoms with van der Waals surface area (Å²) in [5, 5.41) is 6.96.